The van der Waals surface area contributed by atoms with Gasteiger partial charge >= 0.3 is 5.97 Å². The van der Waals surface area contributed by atoms with E-state index in [1.54, 1.807) is 44.6 Å². The summed E-state index contributed by atoms with van der Waals surface area (Å²) < 4.78 is 9.30. The monoisotopic (exact) mass is 481 g/mol. The summed E-state index contributed by atoms with van der Waals surface area (Å²) in [5.74, 6) is -1.06. The molecule has 0 aliphatic carbocycles. The standard InChI is InChI=1S/C23H23N5O5S/c1-5-33-23(32)19-13(2)17-20(34-19)24-12-27(21(17)30)11-16(29)25-18-14(3)26(4)28(22(18)31)15-9-7-6-8-10-15/h6-10,12H,5,11H2,1-4H3,(H,25,29). The third-order valence-corrected chi connectivity index (χ3v) is 6.69. The molecule has 0 bridgehead atoms. The van der Waals surface area contributed by atoms with E-state index < -0.39 is 17.4 Å². The number of ether oxygens (including phenoxy) is 1. The molecule has 176 valence electrons. The first-order valence-electron chi connectivity index (χ1n) is 10.5. The fourth-order valence-corrected chi connectivity index (χ4v) is 4.74. The van der Waals surface area contributed by atoms with Crippen LogP contribution >= 0.6 is 11.3 Å². The molecule has 0 aliphatic heterocycles. The number of carbonyl (C=O) groups is 2. The lowest BCUT2D eigenvalue weighted by Gasteiger charge is -2.07. The fraction of sp³-hybridized carbons (Fsp3) is 0.261. The Balaban J connectivity index is 1.63. The van der Waals surface area contributed by atoms with Crippen LogP contribution in [0.2, 0.25) is 0 Å². The molecule has 11 heteroatoms. The molecular formula is C23H23N5O5S. The first kappa shape index (κ1) is 23.2. The normalized spacial score (nSPS) is 11.1. The van der Waals surface area contributed by atoms with Crippen LogP contribution in [-0.2, 0) is 23.1 Å². The summed E-state index contributed by atoms with van der Waals surface area (Å²) in [6, 6.07) is 9.07. The first-order chi connectivity index (χ1) is 16.2. The SMILES string of the molecule is CCOC(=O)c1sc2ncn(CC(=O)Nc3c(C)n(C)n(-c4ccccc4)c3=O)c(=O)c2c1C. The number of carbonyl (C=O) groups excluding carboxylic acids is 2. The average Bonchev–Trinajstić information content (AvgIpc) is 3.26. The zero-order valence-electron chi connectivity index (χ0n) is 19.1. The van der Waals surface area contributed by atoms with Crippen molar-refractivity contribution in [1.82, 2.24) is 18.9 Å². The summed E-state index contributed by atoms with van der Waals surface area (Å²) in [5.41, 5.74) is 1.000. The van der Waals surface area contributed by atoms with Crippen LogP contribution < -0.4 is 16.4 Å². The lowest BCUT2D eigenvalue weighted by molar-refractivity contribution is -0.116. The molecule has 0 radical (unpaired) electrons. The topological polar surface area (TPSA) is 117 Å². The Kier molecular flexibility index (Phi) is 6.20. The van der Waals surface area contributed by atoms with Gasteiger partial charge in [0.15, 0.2) is 0 Å². The van der Waals surface area contributed by atoms with E-state index in [1.165, 1.54) is 11.0 Å². The highest BCUT2D eigenvalue weighted by atomic mass is 32.1. The minimum Gasteiger partial charge on any atom is -0.462 e. The molecule has 10 nitrogen and oxygen atoms in total. The Morgan fingerprint density at radius 3 is 2.50 bits per heavy atom. The maximum absolute atomic E-state index is 13.0. The summed E-state index contributed by atoms with van der Waals surface area (Å²) in [4.78, 5) is 55.9. The summed E-state index contributed by atoms with van der Waals surface area (Å²) >= 11 is 1.08. The second-order valence-electron chi connectivity index (χ2n) is 7.62. The zero-order valence-corrected chi connectivity index (χ0v) is 19.9. The predicted octanol–water partition coefficient (Wildman–Crippen LogP) is 2.38. The molecule has 0 saturated carbocycles. The molecule has 0 atom stereocenters. The number of hydrogen-bond acceptors (Lipinski definition) is 7. The van der Waals surface area contributed by atoms with Gasteiger partial charge < -0.3 is 10.1 Å². The zero-order chi connectivity index (χ0) is 24.6. The highest BCUT2D eigenvalue weighted by molar-refractivity contribution is 7.20. The van der Waals surface area contributed by atoms with Crippen LogP contribution in [0.15, 0.2) is 46.2 Å². The van der Waals surface area contributed by atoms with Crippen LogP contribution in [0.25, 0.3) is 15.9 Å². The van der Waals surface area contributed by atoms with Crippen molar-refractivity contribution in [3.8, 4) is 5.69 Å². The molecule has 4 aromatic rings. The van der Waals surface area contributed by atoms with E-state index in [0.717, 1.165) is 15.9 Å². The molecule has 4 rings (SSSR count). The third kappa shape index (κ3) is 3.94. The Morgan fingerprint density at radius 2 is 1.82 bits per heavy atom. The van der Waals surface area contributed by atoms with Crippen molar-refractivity contribution in [3.05, 3.63) is 73.5 Å². The van der Waals surface area contributed by atoms with Gasteiger partial charge in [0.2, 0.25) is 5.91 Å². The van der Waals surface area contributed by atoms with Gasteiger partial charge in [-0.15, -0.1) is 11.3 Å². The molecule has 34 heavy (non-hydrogen) atoms. The number of nitrogens with one attached hydrogen (secondary N) is 1. The molecule has 0 saturated heterocycles. The van der Waals surface area contributed by atoms with Crippen LogP contribution in [0.3, 0.4) is 0 Å². The van der Waals surface area contributed by atoms with E-state index in [-0.39, 0.29) is 29.8 Å². The van der Waals surface area contributed by atoms with Crippen LogP contribution in [0, 0.1) is 13.8 Å². The number of para-hydroxylation sites is 1. The fourth-order valence-electron chi connectivity index (χ4n) is 3.71. The number of amides is 1. The lowest BCUT2D eigenvalue weighted by Crippen LogP contribution is -2.29. The largest absolute Gasteiger partial charge is 0.462 e. The number of fused-ring (bicyclic) bond motifs is 1. The van der Waals surface area contributed by atoms with Gasteiger partial charge in [0.25, 0.3) is 11.1 Å². The molecule has 0 spiro atoms. The van der Waals surface area contributed by atoms with Crippen molar-refractivity contribution >= 4 is 39.1 Å². The summed E-state index contributed by atoms with van der Waals surface area (Å²) in [6.45, 7) is 4.95. The number of aromatic nitrogens is 4. The van der Waals surface area contributed by atoms with Crippen LogP contribution in [0.5, 0.6) is 0 Å². The molecule has 0 fully saturated rings. The second kappa shape index (κ2) is 9.10. The van der Waals surface area contributed by atoms with E-state index in [9.17, 15) is 19.2 Å². The summed E-state index contributed by atoms with van der Waals surface area (Å²) in [7, 11) is 1.72. The average molecular weight is 482 g/mol. The number of esters is 1. The van der Waals surface area contributed by atoms with E-state index in [2.05, 4.69) is 10.3 Å². The van der Waals surface area contributed by atoms with Crippen molar-refractivity contribution < 1.29 is 14.3 Å². The Hall–Kier alpha value is -3.99. The van der Waals surface area contributed by atoms with Gasteiger partial charge in [-0.05, 0) is 38.5 Å². The van der Waals surface area contributed by atoms with Gasteiger partial charge in [0.05, 0.1) is 29.7 Å². The molecule has 3 heterocycles. The van der Waals surface area contributed by atoms with E-state index in [4.69, 9.17) is 4.74 Å². The molecule has 1 aromatic carbocycles. The van der Waals surface area contributed by atoms with Crippen LogP contribution in [0.1, 0.15) is 27.9 Å². The number of anilines is 1. The number of benzene rings is 1. The predicted molar refractivity (Wildman–Crippen MR) is 129 cm³/mol. The maximum Gasteiger partial charge on any atom is 0.348 e. The summed E-state index contributed by atoms with van der Waals surface area (Å²) in [6.07, 6.45) is 1.26. The molecule has 3 aromatic heterocycles. The number of aryl methyl sites for hydroxylation is 1. The van der Waals surface area contributed by atoms with Crippen molar-refractivity contribution in [2.75, 3.05) is 11.9 Å². The minimum absolute atomic E-state index is 0.134. The van der Waals surface area contributed by atoms with Crippen molar-refractivity contribution in [1.29, 1.82) is 0 Å². The number of hydrogen-bond donors (Lipinski definition) is 1. The first-order valence-corrected chi connectivity index (χ1v) is 11.4. The summed E-state index contributed by atoms with van der Waals surface area (Å²) in [5, 5.41) is 2.91. The second-order valence-corrected chi connectivity index (χ2v) is 8.62. The van der Waals surface area contributed by atoms with Gasteiger partial charge in [-0.25, -0.2) is 14.5 Å². The molecule has 1 amide bonds. The van der Waals surface area contributed by atoms with Gasteiger partial charge in [-0.1, -0.05) is 18.2 Å². The van der Waals surface area contributed by atoms with E-state index in [1.807, 2.05) is 18.2 Å². The Morgan fingerprint density at radius 1 is 1.12 bits per heavy atom. The number of rotatable bonds is 6. The van der Waals surface area contributed by atoms with E-state index >= 15 is 0 Å². The van der Waals surface area contributed by atoms with Crippen molar-refractivity contribution in [2.45, 2.75) is 27.3 Å². The lowest BCUT2D eigenvalue weighted by atomic mass is 10.2. The third-order valence-electron chi connectivity index (χ3n) is 5.51. The highest BCUT2D eigenvalue weighted by Gasteiger charge is 2.22. The Bertz CT molecular complexity index is 1530. The van der Waals surface area contributed by atoms with Crippen molar-refractivity contribution in [3.63, 3.8) is 0 Å². The maximum atomic E-state index is 13.0. The number of thiophene rings is 1. The highest BCUT2D eigenvalue weighted by Crippen LogP contribution is 2.27. The smallest absolute Gasteiger partial charge is 0.348 e. The van der Waals surface area contributed by atoms with Gasteiger partial charge in [-0.3, -0.25) is 23.6 Å². The molecular weight excluding hydrogens is 458 g/mol. The van der Waals surface area contributed by atoms with Crippen molar-refractivity contribution in [2.24, 2.45) is 7.05 Å². The molecule has 1 N–H and O–H groups in total. The van der Waals surface area contributed by atoms with Gasteiger partial charge in [0, 0.05) is 7.05 Å². The van der Waals surface area contributed by atoms with E-state index in [0.29, 0.717) is 26.7 Å². The Labute approximate surface area is 198 Å². The molecule has 0 unspecified atom stereocenters. The van der Waals surface area contributed by atoms with Gasteiger partial charge in [0.1, 0.15) is 21.9 Å². The van der Waals surface area contributed by atoms with Crippen LogP contribution in [0.4, 0.5) is 5.69 Å². The number of nitrogens with zero attached hydrogens (tertiary/aromatic N) is 4. The molecule has 0 aliphatic rings. The quantitative estimate of drug-likeness (QED) is 0.423. The van der Waals surface area contributed by atoms with Gasteiger partial charge in [-0.2, -0.15) is 0 Å². The minimum atomic E-state index is -0.548. The van der Waals surface area contributed by atoms with Crippen LogP contribution in [-0.4, -0.2) is 37.4 Å².